The van der Waals surface area contributed by atoms with Crippen LogP contribution < -0.4 is 5.32 Å². The van der Waals surface area contributed by atoms with E-state index in [-0.39, 0.29) is 19.3 Å². The van der Waals surface area contributed by atoms with Crippen LogP contribution in [0, 0.1) is 0 Å². The van der Waals surface area contributed by atoms with Crippen LogP contribution in [0.5, 0.6) is 0 Å². The van der Waals surface area contributed by atoms with E-state index < -0.39 is 12.1 Å². The van der Waals surface area contributed by atoms with Gasteiger partial charge in [-0.15, -0.1) is 0 Å². The zero-order valence-electron chi connectivity index (χ0n) is 18.3. The molecule has 0 atom stereocenters. The van der Waals surface area contributed by atoms with Gasteiger partial charge in [-0.3, -0.25) is 0 Å². The van der Waals surface area contributed by atoms with Crippen LogP contribution in [0.15, 0.2) is 12.7 Å². The molecule has 0 heterocycles. The number of alkyl carbamates (subject to hydrolysis) is 1. The standard InChI is InChI=1S/C23H43NO4/c1-4-7-9-11-13-15-17-21(18-16-14-12-10-8-5-2)28-23(26)24-19-20-27-22(25)6-3/h6,21H,3-5,7-20H2,1-2H3,(H,24,26). The molecule has 5 heteroatoms. The molecule has 0 aliphatic rings. The summed E-state index contributed by atoms with van der Waals surface area (Å²) in [5, 5.41) is 2.66. The summed E-state index contributed by atoms with van der Waals surface area (Å²) < 4.78 is 10.5. The highest BCUT2D eigenvalue weighted by molar-refractivity contribution is 5.81. The summed E-state index contributed by atoms with van der Waals surface area (Å²) in [6.45, 7) is 8.15. The molecule has 0 aliphatic heterocycles. The number of ether oxygens (including phenoxy) is 2. The van der Waals surface area contributed by atoms with Gasteiger partial charge in [-0.05, 0) is 25.7 Å². The first-order valence-corrected chi connectivity index (χ1v) is 11.4. The van der Waals surface area contributed by atoms with Crippen molar-refractivity contribution in [2.45, 2.75) is 110 Å². The van der Waals surface area contributed by atoms with Crippen molar-refractivity contribution in [1.29, 1.82) is 0 Å². The van der Waals surface area contributed by atoms with Crippen LogP contribution in [0.4, 0.5) is 4.79 Å². The Hall–Kier alpha value is -1.52. The zero-order valence-corrected chi connectivity index (χ0v) is 18.3. The van der Waals surface area contributed by atoms with Gasteiger partial charge in [0.1, 0.15) is 12.7 Å². The molecule has 0 saturated carbocycles. The van der Waals surface area contributed by atoms with Gasteiger partial charge in [-0.2, -0.15) is 0 Å². The summed E-state index contributed by atoms with van der Waals surface area (Å²) in [6, 6.07) is 0. The van der Waals surface area contributed by atoms with Crippen molar-refractivity contribution in [2.24, 2.45) is 0 Å². The van der Waals surface area contributed by atoms with Crippen molar-refractivity contribution in [3.05, 3.63) is 12.7 Å². The summed E-state index contributed by atoms with van der Waals surface area (Å²) in [7, 11) is 0. The minimum Gasteiger partial charge on any atom is -0.461 e. The largest absolute Gasteiger partial charge is 0.461 e. The molecule has 5 nitrogen and oxygen atoms in total. The third kappa shape index (κ3) is 17.9. The molecule has 0 saturated heterocycles. The van der Waals surface area contributed by atoms with E-state index in [9.17, 15) is 9.59 Å². The lowest BCUT2D eigenvalue weighted by Crippen LogP contribution is -2.32. The molecule has 0 bridgehead atoms. The Labute approximate surface area is 172 Å². The van der Waals surface area contributed by atoms with E-state index in [1.807, 2.05) is 0 Å². The number of rotatable bonds is 19. The van der Waals surface area contributed by atoms with Gasteiger partial charge in [0.2, 0.25) is 0 Å². The molecule has 0 rings (SSSR count). The second-order valence-electron chi connectivity index (χ2n) is 7.44. The van der Waals surface area contributed by atoms with E-state index in [0.29, 0.717) is 0 Å². The first kappa shape index (κ1) is 26.5. The Balaban J connectivity index is 4.08. The molecule has 0 aliphatic carbocycles. The third-order valence-electron chi connectivity index (χ3n) is 4.82. The SMILES string of the molecule is C=CC(=O)OCCNC(=O)OC(CCCCCCCC)CCCCCCCC. The number of esters is 1. The van der Waals surface area contributed by atoms with Crippen LogP contribution in [-0.2, 0) is 14.3 Å². The average molecular weight is 398 g/mol. The quantitative estimate of drug-likeness (QED) is 0.157. The molecule has 0 aromatic heterocycles. The Kier molecular flexibility index (Phi) is 19.1. The van der Waals surface area contributed by atoms with E-state index in [1.54, 1.807) is 0 Å². The lowest BCUT2D eigenvalue weighted by atomic mass is 10.0. The van der Waals surface area contributed by atoms with Crippen LogP contribution in [-0.4, -0.2) is 31.3 Å². The molecular weight excluding hydrogens is 354 g/mol. The molecule has 0 radical (unpaired) electrons. The Morgan fingerprint density at radius 3 is 1.86 bits per heavy atom. The van der Waals surface area contributed by atoms with Crippen LogP contribution in [0.3, 0.4) is 0 Å². The smallest absolute Gasteiger partial charge is 0.407 e. The predicted octanol–water partition coefficient (Wildman–Crippen LogP) is 6.31. The van der Waals surface area contributed by atoms with Crippen molar-refractivity contribution < 1.29 is 19.1 Å². The summed E-state index contributed by atoms with van der Waals surface area (Å²) in [6.07, 6.45) is 17.4. The second kappa shape index (κ2) is 20.2. The normalized spacial score (nSPS) is 10.7. The lowest BCUT2D eigenvalue weighted by Gasteiger charge is -2.18. The van der Waals surface area contributed by atoms with Crippen molar-refractivity contribution in [2.75, 3.05) is 13.2 Å². The minimum atomic E-state index is -0.487. The van der Waals surface area contributed by atoms with Crippen LogP contribution in [0.1, 0.15) is 104 Å². The second-order valence-corrected chi connectivity index (χ2v) is 7.44. The average Bonchev–Trinajstić information content (AvgIpc) is 2.69. The maximum atomic E-state index is 12.0. The van der Waals surface area contributed by atoms with Gasteiger partial charge < -0.3 is 14.8 Å². The van der Waals surface area contributed by atoms with Crippen LogP contribution in [0.25, 0.3) is 0 Å². The van der Waals surface area contributed by atoms with Gasteiger partial charge in [0.05, 0.1) is 6.54 Å². The van der Waals surface area contributed by atoms with Crippen LogP contribution in [0.2, 0.25) is 0 Å². The van der Waals surface area contributed by atoms with Gasteiger partial charge >= 0.3 is 12.1 Å². The number of nitrogens with one attached hydrogen (secondary N) is 1. The van der Waals surface area contributed by atoms with Gasteiger partial charge in [0, 0.05) is 6.08 Å². The van der Waals surface area contributed by atoms with Crippen LogP contribution >= 0.6 is 0 Å². The van der Waals surface area contributed by atoms with Gasteiger partial charge in [-0.25, -0.2) is 9.59 Å². The number of amides is 1. The molecule has 164 valence electrons. The highest BCUT2D eigenvalue weighted by Gasteiger charge is 2.14. The molecule has 0 aromatic rings. The van der Waals surface area contributed by atoms with Crippen molar-refractivity contribution in [3.8, 4) is 0 Å². The minimum absolute atomic E-state index is 0.0203. The Morgan fingerprint density at radius 2 is 1.36 bits per heavy atom. The van der Waals surface area contributed by atoms with E-state index in [0.717, 1.165) is 31.8 Å². The Morgan fingerprint density at radius 1 is 0.857 bits per heavy atom. The molecule has 0 aromatic carbocycles. The highest BCUT2D eigenvalue weighted by Crippen LogP contribution is 2.17. The third-order valence-corrected chi connectivity index (χ3v) is 4.82. The number of hydrogen-bond donors (Lipinski definition) is 1. The lowest BCUT2D eigenvalue weighted by molar-refractivity contribution is -0.137. The first-order chi connectivity index (χ1) is 13.6. The molecule has 1 amide bonds. The molecular formula is C23H43NO4. The number of carbonyl (C=O) groups excluding carboxylic acids is 2. The number of hydrogen-bond acceptors (Lipinski definition) is 4. The molecule has 0 unspecified atom stereocenters. The van der Waals surface area contributed by atoms with Gasteiger partial charge in [0.25, 0.3) is 0 Å². The number of unbranched alkanes of at least 4 members (excludes halogenated alkanes) is 10. The van der Waals surface area contributed by atoms with E-state index in [1.165, 1.54) is 64.2 Å². The van der Waals surface area contributed by atoms with Gasteiger partial charge in [-0.1, -0.05) is 84.6 Å². The maximum Gasteiger partial charge on any atom is 0.407 e. The molecule has 0 fully saturated rings. The van der Waals surface area contributed by atoms with E-state index in [4.69, 9.17) is 9.47 Å². The predicted molar refractivity (Wildman–Crippen MR) is 115 cm³/mol. The van der Waals surface area contributed by atoms with Crippen molar-refractivity contribution in [1.82, 2.24) is 5.32 Å². The fourth-order valence-corrected chi connectivity index (χ4v) is 3.12. The summed E-state index contributed by atoms with van der Waals surface area (Å²) in [4.78, 5) is 23.0. The van der Waals surface area contributed by atoms with Gasteiger partial charge in [0.15, 0.2) is 0 Å². The maximum absolute atomic E-state index is 12.0. The van der Waals surface area contributed by atoms with Crippen molar-refractivity contribution >= 4 is 12.1 Å². The summed E-state index contributed by atoms with van der Waals surface area (Å²) in [5.41, 5.74) is 0. The molecule has 0 spiro atoms. The fraction of sp³-hybridized carbons (Fsp3) is 0.826. The summed E-state index contributed by atoms with van der Waals surface area (Å²) >= 11 is 0. The number of carbonyl (C=O) groups is 2. The Bertz CT molecular complexity index is 382. The topological polar surface area (TPSA) is 64.6 Å². The summed E-state index contributed by atoms with van der Waals surface area (Å²) in [5.74, 6) is -0.487. The molecule has 1 N–H and O–H groups in total. The highest BCUT2D eigenvalue weighted by atomic mass is 16.6. The first-order valence-electron chi connectivity index (χ1n) is 11.4. The van der Waals surface area contributed by atoms with E-state index in [2.05, 4.69) is 25.7 Å². The fourth-order valence-electron chi connectivity index (χ4n) is 3.12. The van der Waals surface area contributed by atoms with E-state index >= 15 is 0 Å². The molecule has 28 heavy (non-hydrogen) atoms. The zero-order chi connectivity index (χ0) is 20.9. The van der Waals surface area contributed by atoms with Crippen molar-refractivity contribution in [3.63, 3.8) is 0 Å². The monoisotopic (exact) mass is 397 g/mol.